The highest BCUT2D eigenvalue weighted by Gasteiger charge is 2.27. The number of H-pyrrole nitrogens is 1. The van der Waals surface area contributed by atoms with Gasteiger partial charge >= 0.3 is 5.97 Å². The number of esters is 1. The van der Waals surface area contributed by atoms with Crippen LogP contribution in [0, 0.1) is 0 Å². The van der Waals surface area contributed by atoms with Crippen LogP contribution in [-0.4, -0.2) is 35.4 Å². The molecule has 7 nitrogen and oxygen atoms in total. The summed E-state index contributed by atoms with van der Waals surface area (Å²) in [6.45, 7) is 2.00. The molecule has 2 rings (SSSR count). The fourth-order valence-corrected chi connectivity index (χ4v) is 1.83. The molecular formula is C12H15N3O4. The third-order valence-electron chi connectivity index (χ3n) is 2.76. The Bertz CT molecular complexity index is 509. The summed E-state index contributed by atoms with van der Waals surface area (Å²) in [4.78, 5) is 37.0. The first-order valence-electron chi connectivity index (χ1n) is 6.06. The molecule has 1 atom stereocenters. The molecule has 1 aliphatic heterocycles. The number of ether oxygens (including phenoxy) is 1. The lowest BCUT2D eigenvalue weighted by molar-refractivity contribution is -0.122. The number of nitrogens with one attached hydrogen (secondary N) is 3. The van der Waals surface area contributed by atoms with Crippen molar-refractivity contribution in [1.29, 1.82) is 0 Å². The fraction of sp³-hybridized carbons (Fsp3) is 0.417. The van der Waals surface area contributed by atoms with Crippen molar-refractivity contribution in [1.82, 2.24) is 10.3 Å². The number of hydrogen-bond donors (Lipinski definition) is 3. The molecule has 0 radical (unpaired) electrons. The molecule has 1 fully saturated rings. The van der Waals surface area contributed by atoms with Crippen LogP contribution in [0.2, 0.25) is 0 Å². The summed E-state index contributed by atoms with van der Waals surface area (Å²) in [6, 6.07) is 0.987. The van der Waals surface area contributed by atoms with Gasteiger partial charge in [0.15, 0.2) is 0 Å². The monoisotopic (exact) mass is 265 g/mol. The molecular weight excluding hydrogens is 250 g/mol. The summed E-state index contributed by atoms with van der Waals surface area (Å²) in [7, 11) is 0. The zero-order chi connectivity index (χ0) is 13.8. The highest BCUT2D eigenvalue weighted by atomic mass is 16.5. The average molecular weight is 265 g/mol. The van der Waals surface area contributed by atoms with E-state index < -0.39 is 12.0 Å². The minimum Gasteiger partial charge on any atom is -0.461 e. The van der Waals surface area contributed by atoms with Crippen molar-refractivity contribution >= 4 is 23.5 Å². The minimum atomic E-state index is -0.506. The van der Waals surface area contributed by atoms with Gasteiger partial charge < -0.3 is 20.4 Å². The third kappa shape index (κ3) is 3.12. The summed E-state index contributed by atoms with van der Waals surface area (Å²) in [5.41, 5.74) is 0.738. The van der Waals surface area contributed by atoms with Crippen LogP contribution in [0.15, 0.2) is 12.3 Å². The predicted octanol–water partition coefficient (Wildman–Crippen LogP) is 0.408. The van der Waals surface area contributed by atoms with Gasteiger partial charge in [-0.15, -0.1) is 0 Å². The van der Waals surface area contributed by atoms with E-state index in [4.69, 9.17) is 4.74 Å². The Kier molecular flexibility index (Phi) is 3.84. The summed E-state index contributed by atoms with van der Waals surface area (Å²) in [6.07, 6.45) is 2.35. The average Bonchev–Trinajstić information content (AvgIpc) is 2.98. The second-order valence-electron chi connectivity index (χ2n) is 4.17. The normalized spacial score (nSPS) is 17.9. The molecule has 102 valence electrons. The van der Waals surface area contributed by atoms with Gasteiger partial charge in [0.05, 0.1) is 12.3 Å². The second-order valence-corrected chi connectivity index (χ2v) is 4.17. The van der Waals surface area contributed by atoms with E-state index in [1.807, 2.05) is 0 Å². The molecule has 1 unspecified atom stereocenters. The third-order valence-corrected chi connectivity index (χ3v) is 2.76. The molecule has 2 amide bonds. The van der Waals surface area contributed by atoms with Crippen molar-refractivity contribution in [3.05, 3.63) is 18.0 Å². The minimum absolute atomic E-state index is 0.124. The molecule has 1 aromatic rings. The van der Waals surface area contributed by atoms with E-state index in [2.05, 4.69) is 15.6 Å². The van der Waals surface area contributed by atoms with Gasteiger partial charge in [-0.1, -0.05) is 0 Å². The van der Waals surface area contributed by atoms with Crippen LogP contribution in [0.5, 0.6) is 0 Å². The molecule has 0 aromatic carbocycles. The molecule has 0 bridgehead atoms. The highest BCUT2D eigenvalue weighted by Crippen LogP contribution is 2.13. The summed E-state index contributed by atoms with van der Waals surface area (Å²) in [5, 5.41) is 5.20. The first-order chi connectivity index (χ1) is 9.10. The number of carbonyl (C=O) groups excluding carboxylic acids is 3. The maximum Gasteiger partial charge on any atom is 0.354 e. The van der Waals surface area contributed by atoms with Crippen molar-refractivity contribution in [3.63, 3.8) is 0 Å². The van der Waals surface area contributed by atoms with Crippen molar-refractivity contribution < 1.29 is 19.1 Å². The Morgan fingerprint density at radius 3 is 2.95 bits per heavy atom. The highest BCUT2D eigenvalue weighted by molar-refractivity contribution is 5.99. The Morgan fingerprint density at radius 2 is 2.32 bits per heavy atom. The largest absolute Gasteiger partial charge is 0.461 e. The maximum atomic E-state index is 11.8. The van der Waals surface area contributed by atoms with Gasteiger partial charge in [0, 0.05) is 12.6 Å². The van der Waals surface area contributed by atoms with E-state index >= 15 is 0 Å². The van der Waals surface area contributed by atoms with E-state index in [9.17, 15) is 14.4 Å². The van der Waals surface area contributed by atoms with Gasteiger partial charge in [0.25, 0.3) is 0 Å². The van der Waals surface area contributed by atoms with Crippen molar-refractivity contribution in [2.75, 3.05) is 11.9 Å². The fourth-order valence-electron chi connectivity index (χ4n) is 1.83. The number of rotatable bonds is 4. The van der Waals surface area contributed by atoms with Crippen LogP contribution in [-0.2, 0) is 14.3 Å². The van der Waals surface area contributed by atoms with E-state index in [1.54, 1.807) is 6.92 Å². The summed E-state index contributed by atoms with van der Waals surface area (Å²) in [5.74, 6) is -0.890. The van der Waals surface area contributed by atoms with Crippen molar-refractivity contribution in [2.45, 2.75) is 25.8 Å². The van der Waals surface area contributed by atoms with Gasteiger partial charge in [0.2, 0.25) is 11.8 Å². The molecule has 1 aromatic heterocycles. The predicted molar refractivity (Wildman–Crippen MR) is 66.5 cm³/mol. The van der Waals surface area contributed by atoms with Gasteiger partial charge in [-0.2, -0.15) is 0 Å². The van der Waals surface area contributed by atoms with Gasteiger partial charge in [-0.05, 0) is 19.4 Å². The molecule has 0 spiro atoms. The molecule has 7 heteroatoms. The van der Waals surface area contributed by atoms with Crippen LogP contribution in [0.25, 0.3) is 0 Å². The lowest BCUT2D eigenvalue weighted by atomic mass is 10.2. The van der Waals surface area contributed by atoms with Crippen molar-refractivity contribution in [2.24, 2.45) is 0 Å². The van der Waals surface area contributed by atoms with E-state index in [1.165, 1.54) is 12.3 Å². The van der Waals surface area contributed by atoms with Crippen LogP contribution in [0.4, 0.5) is 5.69 Å². The van der Waals surface area contributed by atoms with Crippen LogP contribution >= 0.6 is 0 Å². The van der Waals surface area contributed by atoms with Crippen molar-refractivity contribution in [3.8, 4) is 0 Å². The maximum absolute atomic E-state index is 11.8. The van der Waals surface area contributed by atoms with Gasteiger partial charge in [-0.3, -0.25) is 9.59 Å². The number of amides is 2. The first kappa shape index (κ1) is 13.1. The van der Waals surface area contributed by atoms with E-state index in [-0.39, 0.29) is 24.1 Å². The molecule has 3 N–H and O–H groups in total. The zero-order valence-corrected chi connectivity index (χ0v) is 10.5. The van der Waals surface area contributed by atoms with Crippen LogP contribution < -0.4 is 10.6 Å². The lowest BCUT2D eigenvalue weighted by Gasteiger charge is -2.09. The Morgan fingerprint density at radius 1 is 1.53 bits per heavy atom. The Labute approximate surface area is 109 Å². The van der Waals surface area contributed by atoms with E-state index in [0.717, 1.165) is 0 Å². The number of anilines is 1. The number of aromatic nitrogens is 1. The van der Waals surface area contributed by atoms with Crippen LogP contribution in [0.1, 0.15) is 30.3 Å². The van der Waals surface area contributed by atoms with Crippen LogP contribution in [0.3, 0.4) is 0 Å². The molecule has 19 heavy (non-hydrogen) atoms. The molecule has 0 saturated carbocycles. The molecule has 0 aliphatic carbocycles. The second kappa shape index (κ2) is 5.55. The molecule has 1 saturated heterocycles. The molecule has 2 heterocycles. The Hall–Kier alpha value is -2.31. The standard InChI is InChI=1S/C12H15N3O4/c1-2-19-12(18)9-5-7(6-13-9)14-11(17)8-3-4-10(16)15-8/h5-6,8,13H,2-4H2,1H3,(H,14,17)(H,15,16). The smallest absolute Gasteiger partial charge is 0.354 e. The number of carbonyl (C=O) groups is 3. The summed E-state index contributed by atoms with van der Waals surface area (Å²) < 4.78 is 4.82. The van der Waals surface area contributed by atoms with Gasteiger partial charge in [0.1, 0.15) is 11.7 Å². The SMILES string of the molecule is CCOC(=O)c1cc(NC(=O)C2CCC(=O)N2)c[nH]1. The topological polar surface area (TPSA) is 100 Å². The Balaban J connectivity index is 1.94. The summed E-state index contributed by atoms with van der Waals surface area (Å²) >= 11 is 0. The van der Waals surface area contributed by atoms with E-state index in [0.29, 0.717) is 18.5 Å². The number of aromatic amines is 1. The first-order valence-corrected chi connectivity index (χ1v) is 6.06. The van der Waals surface area contributed by atoms with Gasteiger partial charge in [-0.25, -0.2) is 4.79 Å². The lowest BCUT2D eigenvalue weighted by Crippen LogP contribution is -2.37. The zero-order valence-electron chi connectivity index (χ0n) is 10.5. The number of hydrogen-bond acceptors (Lipinski definition) is 4. The molecule has 1 aliphatic rings. The quantitative estimate of drug-likeness (QED) is 0.686.